The molecule has 15 heavy (non-hydrogen) atoms. The van der Waals surface area contributed by atoms with Crippen molar-refractivity contribution < 1.29 is 69.1 Å². The van der Waals surface area contributed by atoms with Crippen LogP contribution >= 0.6 is 0 Å². The number of rotatable bonds is 3. The van der Waals surface area contributed by atoms with E-state index in [-0.39, 0.29) is 68.7 Å². The summed E-state index contributed by atoms with van der Waals surface area (Å²) in [5, 5.41) is 0. The van der Waals surface area contributed by atoms with Gasteiger partial charge in [0.2, 0.25) is 0 Å². The van der Waals surface area contributed by atoms with Gasteiger partial charge in [-0.1, -0.05) is 12.1 Å². The van der Waals surface area contributed by atoms with E-state index in [1.165, 1.54) is 18.2 Å². The van der Waals surface area contributed by atoms with E-state index in [0.717, 1.165) is 6.08 Å². The standard InChI is InChI=1S/C8H6BF3NO.K/c10-9(11,12)5-4-7-2-1-3-8(6-14)13-7;/h1-6H;/q-1;+1/b5-4+;. The van der Waals surface area contributed by atoms with Crippen molar-refractivity contribution >= 4 is 19.3 Å². The Balaban J connectivity index is 0.00000196. The van der Waals surface area contributed by atoms with Gasteiger partial charge in [-0.15, -0.1) is 5.98 Å². The van der Waals surface area contributed by atoms with Gasteiger partial charge in [-0.25, -0.2) is 4.98 Å². The van der Waals surface area contributed by atoms with Gasteiger partial charge in [-0.2, -0.15) is 0 Å². The van der Waals surface area contributed by atoms with E-state index in [2.05, 4.69) is 4.98 Å². The Morgan fingerprint density at radius 2 is 1.80 bits per heavy atom. The summed E-state index contributed by atoms with van der Waals surface area (Å²) in [5.74, 6) is 0.136. The minimum atomic E-state index is -4.95. The van der Waals surface area contributed by atoms with Gasteiger partial charge in [0.15, 0.2) is 6.29 Å². The molecule has 0 amide bonds. The summed E-state index contributed by atoms with van der Waals surface area (Å²) in [6, 6.07) is 4.29. The largest absolute Gasteiger partial charge is 1.00 e. The molecule has 0 N–H and O–H groups in total. The van der Waals surface area contributed by atoms with Crippen molar-refractivity contribution in [2.45, 2.75) is 0 Å². The van der Waals surface area contributed by atoms with E-state index < -0.39 is 6.98 Å². The second-order valence-corrected chi connectivity index (χ2v) is 2.59. The van der Waals surface area contributed by atoms with Gasteiger partial charge in [-0.05, 0) is 12.1 Å². The normalized spacial score (nSPS) is 11.1. The van der Waals surface area contributed by atoms with Crippen LogP contribution in [0, 0.1) is 0 Å². The van der Waals surface area contributed by atoms with Crippen LogP contribution in [0.2, 0.25) is 0 Å². The predicted molar refractivity (Wildman–Crippen MR) is 47.7 cm³/mol. The fraction of sp³-hybridized carbons (Fsp3) is 0. The SMILES string of the molecule is O=Cc1cccc(/C=C/[B-](F)(F)F)n1.[K+]. The third kappa shape index (κ3) is 6.26. The first kappa shape index (κ1) is 15.1. The van der Waals surface area contributed by atoms with Crippen molar-refractivity contribution in [3.63, 3.8) is 0 Å². The Kier molecular flexibility index (Phi) is 6.62. The summed E-state index contributed by atoms with van der Waals surface area (Å²) >= 11 is 0. The number of carbonyl (C=O) groups excluding carboxylic acids is 1. The number of aromatic nitrogens is 1. The maximum atomic E-state index is 11.8. The second-order valence-electron chi connectivity index (χ2n) is 2.59. The number of pyridine rings is 1. The van der Waals surface area contributed by atoms with Gasteiger partial charge in [0.25, 0.3) is 0 Å². The first-order chi connectivity index (χ1) is 6.51. The Hall–Kier alpha value is 0.0513. The van der Waals surface area contributed by atoms with Gasteiger partial charge >= 0.3 is 58.4 Å². The van der Waals surface area contributed by atoms with Crippen LogP contribution in [0.1, 0.15) is 16.2 Å². The summed E-state index contributed by atoms with van der Waals surface area (Å²) < 4.78 is 35.4. The molecule has 1 heterocycles. The summed E-state index contributed by atoms with van der Waals surface area (Å²) in [7, 11) is 0. The number of aldehydes is 1. The Morgan fingerprint density at radius 3 is 2.33 bits per heavy atom. The van der Waals surface area contributed by atoms with Gasteiger partial charge in [0, 0.05) is 0 Å². The van der Waals surface area contributed by atoms with Gasteiger partial charge in [0.1, 0.15) is 5.69 Å². The first-order valence-corrected chi connectivity index (χ1v) is 3.83. The van der Waals surface area contributed by atoms with Crippen molar-refractivity contribution in [1.29, 1.82) is 0 Å². The predicted octanol–water partition coefficient (Wildman–Crippen LogP) is -0.702. The Labute approximate surface area is 127 Å². The average molecular weight is 239 g/mol. The van der Waals surface area contributed by atoms with E-state index in [1.807, 2.05) is 0 Å². The molecule has 0 aliphatic heterocycles. The maximum Gasteiger partial charge on any atom is 1.00 e. The fourth-order valence-electron chi connectivity index (χ4n) is 0.835. The molecule has 0 saturated carbocycles. The van der Waals surface area contributed by atoms with Crippen LogP contribution in [-0.2, 0) is 0 Å². The van der Waals surface area contributed by atoms with Crippen LogP contribution in [0.15, 0.2) is 24.2 Å². The minimum Gasteiger partial charge on any atom is -0.445 e. The molecule has 0 bridgehead atoms. The summed E-state index contributed by atoms with van der Waals surface area (Å²) in [6.45, 7) is -4.95. The summed E-state index contributed by atoms with van der Waals surface area (Å²) in [4.78, 5) is 13.9. The number of halogens is 3. The van der Waals surface area contributed by atoms with Crippen molar-refractivity contribution in [1.82, 2.24) is 4.98 Å². The summed E-state index contributed by atoms with van der Waals surface area (Å²) in [6.07, 6.45) is 1.32. The van der Waals surface area contributed by atoms with Gasteiger partial charge < -0.3 is 12.9 Å². The average Bonchev–Trinajstić information content (AvgIpc) is 2.14. The van der Waals surface area contributed by atoms with Gasteiger partial charge in [-0.3, -0.25) is 4.79 Å². The molecule has 0 fully saturated rings. The molecular weight excluding hydrogens is 233 g/mol. The zero-order valence-electron chi connectivity index (χ0n) is 8.03. The molecule has 0 aliphatic rings. The molecule has 0 aliphatic carbocycles. The molecule has 74 valence electrons. The van der Waals surface area contributed by atoms with Gasteiger partial charge in [0.05, 0.1) is 5.69 Å². The molecule has 0 atom stereocenters. The first-order valence-electron chi connectivity index (χ1n) is 3.83. The molecule has 2 nitrogen and oxygen atoms in total. The van der Waals surface area contributed by atoms with Crippen LogP contribution in [0.3, 0.4) is 0 Å². The molecule has 0 spiro atoms. The molecular formula is C8H6BF3KNO. The van der Waals surface area contributed by atoms with Crippen LogP contribution < -0.4 is 51.4 Å². The number of nitrogens with zero attached hydrogens (tertiary/aromatic N) is 1. The van der Waals surface area contributed by atoms with Crippen LogP contribution in [0.25, 0.3) is 6.08 Å². The van der Waals surface area contributed by atoms with E-state index in [9.17, 15) is 17.7 Å². The zero-order chi connectivity index (χ0) is 10.6. The molecule has 0 radical (unpaired) electrons. The molecule has 7 heteroatoms. The van der Waals surface area contributed by atoms with E-state index >= 15 is 0 Å². The molecule has 1 aromatic heterocycles. The van der Waals surface area contributed by atoms with Crippen molar-refractivity contribution in [3.8, 4) is 0 Å². The molecule has 1 aromatic rings. The third-order valence-electron chi connectivity index (χ3n) is 1.40. The van der Waals surface area contributed by atoms with Crippen LogP contribution in [-0.4, -0.2) is 18.2 Å². The topological polar surface area (TPSA) is 30.0 Å². The minimum absolute atomic E-state index is 0. The Morgan fingerprint density at radius 1 is 1.20 bits per heavy atom. The zero-order valence-corrected chi connectivity index (χ0v) is 11.2. The second kappa shape index (κ2) is 6.59. The van der Waals surface area contributed by atoms with Crippen molar-refractivity contribution in [3.05, 3.63) is 35.6 Å². The Bertz CT molecular complexity index is 367. The monoisotopic (exact) mass is 239 g/mol. The van der Waals surface area contributed by atoms with Crippen molar-refractivity contribution in [2.75, 3.05) is 0 Å². The van der Waals surface area contributed by atoms with E-state index in [4.69, 9.17) is 0 Å². The molecule has 0 saturated heterocycles. The van der Waals surface area contributed by atoms with Crippen LogP contribution in [0.5, 0.6) is 0 Å². The maximum absolute atomic E-state index is 11.8. The molecule has 1 rings (SSSR count). The van der Waals surface area contributed by atoms with Crippen molar-refractivity contribution in [2.24, 2.45) is 0 Å². The number of carbonyl (C=O) groups is 1. The van der Waals surface area contributed by atoms with E-state index in [1.54, 1.807) is 0 Å². The molecule has 0 aromatic carbocycles. The number of hydrogen-bond acceptors (Lipinski definition) is 2. The third-order valence-corrected chi connectivity index (χ3v) is 1.40. The molecule has 0 unspecified atom stereocenters. The smallest absolute Gasteiger partial charge is 0.445 e. The number of hydrogen-bond donors (Lipinski definition) is 0. The fourth-order valence-corrected chi connectivity index (χ4v) is 0.835. The van der Waals surface area contributed by atoms with Crippen LogP contribution in [0.4, 0.5) is 12.9 Å². The quantitative estimate of drug-likeness (QED) is 0.515. The van der Waals surface area contributed by atoms with E-state index in [0.29, 0.717) is 6.29 Å². The summed E-state index contributed by atoms with van der Waals surface area (Å²) in [5.41, 5.74) is 0.232.